The molecular formula is C6H7N3O3. The van der Waals surface area contributed by atoms with Gasteiger partial charge in [-0.15, -0.1) is 0 Å². The third kappa shape index (κ3) is 1.42. The van der Waals surface area contributed by atoms with Crippen molar-refractivity contribution in [2.45, 2.75) is 0 Å². The van der Waals surface area contributed by atoms with Gasteiger partial charge in [0.1, 0.15) is 6.20 Å². The monoisotopic (exact) mass is 169 g/mol. The van der Waals surface area contributed by atoms with Crippen LogP contribution in [0.1, 0.15) is 0 Å². The van der Waals surface area contributed by atoms with Crippen LogP contribution in [-0.2, 0) is 0 Å². The Labute approximate surface area is 67.5 Å². The predicted molar refractivity (Wildman–Crippen MR) is 39.8 cm³/mol. The van der Waals surface area contributed by atoms with Gasteiger partial charge in [0.15, 0.2) is 5.49 Å². The van der Waals surface area contributed by atoms with Gasteiger partial charge in [0.2, 0.25) is 0 Å². The molecule has 0 fully saturated rings. The lowest BCUT2D eigenvalue weighted by atomic mass is 10.4. The van der Waals surface area contributed by atoms with E-state index in [9.17, 15) is 10.1 Å². The molecular weight excluding hydrogens is 162 g/mol. The average molecular weight is 169 g/mol. The lowest BCUT2D eigenvalue weighted by Gasteiger charge is -1.96. The van der Waals surface area contributed by atoms with E-state index in [0.717, 1.165) is 6.20 Å². The highest BCUT2D eigenvalue weighted by Crippen LogP contribution is 2.04. The van der Waals surface area contributed by atoms with Crippen molar-refractivity contribution in [2.24, 2.45) is 4.99 Å². The zero-order chi connectivity index (χ0) is 9.14. The molecule has 0 radical (unpaired) electrons. The average Bonchev–Trinajstić information content (AvgIpc) is 2.04. The molecule has 1 aromatic heterocycles. The third-order valence-electron chi connectivity index (χ3n) is 1.33. The van der Waals surface area contributed by atoms with Gasteiger partial charge < -0.3 is 5.21 Å². The maximum atomic E-state index is 10.2. The first-order valence-corrected chi connectivity index (χ1v) is 3.14. The summed E-state index contributed by atoms with van der Waals surface area (Å²) >= 11 is 0. The van der Waals surface area contributed by atoms with Crippen LogP contribution < -0.4 is 5.49 Å². The second-order valence-electron chi connectivity index (χ2n) is 2.07. The summed E-state index contributed by atoms with van der Waals surface area (Å²) in [6.07, 6.45) is 0.988. The highest BCUT2D eigenvalue weighted by Gasteiger charge is 2.04. The fourth-order valence-corrected chi connectivity index (χ4v) is 0.756. The van der Waals surface area contributed by atoms with Gasteiger partial charge in [0.05, 0.1) is 4.92 Å². The Hall–Kier alpha value is -1.85. The van der Waals surface area contributed by atoms with E-state index in [1.54, 1.807) is 0 Å². The summed E-state index contributed by atoms with van der Waals surface area (Å²) in [7, 11) is 1.48. The van der Waals surface area contributed by atoms with Crippen LogP contribution in [-0.4, -0.2) is 21.9 Å². The second kappa shape index (κ2) is 3.04. The summed E-state index contributed by atoms with van der Waals surface area (Å²) < 4.78 is 0.609. The summed E-state index contributed by atoms with van der Waals surface area (Å²) in [4.78, 5) is 13.3. The molecule has 0 bridgehead atoms. The molecule has 64 valence electrons. The second-order valence-corrected chi connectivity index (χ2v) is 2.07. The van der Waals surface area contributed by atoms with Gasteiger partial charge in [-0.3, -0.25) is 15.1 Å². The molecule has 1 rings (SSSR count). The van der Waals surface area contributed by atoms with Gasteiger partial charge in [-0.05, 0) is 6.07 Å². The Bertz CT molecular complexity index is 369. The number of rotatable bonds is 1. The molecule has 6 heteroatoms. The maximum absolute atomic E-state index is 10.2. The molecule has 0 aliphatic carbocycles. The molecule has 0 atom stereocenters. The maximum Gasteiger partial charge on any atom is 0.289 e. The summed E-state index contributed by atoms with van der Waals surface area (Å²) in [6, 6.07) is 2.63. The summed E-state index contributed by atoms with van der Waals surface area (Å²) in [6.45, 7) is 0. The SMILES string of the molecule is CN=c1ccc([N+](=O)[O-])cn1O. The number of nitro groups is 1. The number of hydrogen-bond acceptors (Lipinski definition) is 4. The number of aromatic nitrogens is 1. The molecule has 6 nitrogen and oxygen atoms in total. The van der Waals surface area contributed by atoms with Gasteiger partial charge >= 0.3 is 0 Å². The molecule has 1 heterocycles. The minimum Gasteiger partial charge on any atom is -0.427 e. The van der Waals surface area contributed by atoms with Crippen molar-refractivity contribution >= 4 is 5.69 Å². The van der Waals surface area contributed by atoms with Crippen LogP contribution in [0, 0.1) is 10.1 Å². The number of hydrogen-bond donors (Lipinski definition) is 1. The fraction of sp³-hybridized carbons (Fsp3) is 0.167. The Balaban J connectivity index is 3.29. The minimum atomic E-state index is -0.591. The van der Waals surface area contributed by atoms with E-state index in [1.807, 2.05) is 0 Å². The number of pyridine rings is 1. The first-order chi connectivity index (χ1) is 5.65. The van der Waals surface area contributed by atoms with Crippen LogP contribution in [0.4, 0.5) is 5.69 Å². The van der Waals surface area contributed by atoms with E-state index >= 15 is 0 Å². The van der Waals surface area contributed by atoms with Crippen molar-refractivity contribution in [3.8, 4) is 0 Å². The topological polar surface area (TPSA) is 80.7 Å². The Morgan fingerprint density at radius 3 is 2.75 bits per heavy atom. The highest BCUT2D eigenvalue weighted by molar-refractivity contribution is 5.23. The lowest BCUT2D eigenvalue weighted by molar-refractivity contribution is -0.385. The highest BCUT2D eigenvalue weighted by atomic mass is 16.6. The molecule has 0 aromatic carbocycles. The van der Waals surface area contributed by atoms with E-state index in [0.29, 0.717) is 4.73 Å². The zero-order valence-electron chi connectivity index (χ0n) is 6.34. The van der Waals surface area contributed by atoms with Crippen LogP contribution in [0.15, 0.2) is 23.3 Å². The van der Waals surface area contributed by atoms with Gasteiger partial charge in [0, 0.05) is 13.1 Å². The lowest BCUT2D eigenvalue weighted by Crippen LogP contribution is -2.17. The van der Waals surface area contributed by atoms with Gasteiger partial charge in [-0.25, -0.2) is 0 Å². The van der Waals surface area contributed by atoms with Crippen LogP contribution in [0.5, 0.6) is 0 Å². The summed E-state index contributed by atoms with van der Waals surface area (Å²) in [5.41, 5.74) is 0.0884. The van der Waals surface area contributed by atoms with E-state index < -0.39 is 4.92 Å². The van der Waals surface area contributed by atoms with E-state index in [1.165, 1.54) is 19.2 Å². The van der Waals surface area contributed by atoms with Crippen molar-refractivity contribution in [3.05, 3.63) is 33.9 Å². The van der Waals surface area contributed by atoms with Crippen LogP contribution >= 0.6 is 0 Å². The molecule has 0 saturated carbocycles. The van der Waals surface area contributed by atoms with Crippen LogP contribution in [0.25, 0.3) is 0 Å². The molecule has 0 aliphatic heterocycles. The van der Waals surface area contributed by atoms with Crippen molar-refractivity contribution < 1.29 is 10.1 Å². The standard InChI is InChI=1S/C6H7N3O3/c1-7-6-3-2-5(9(11)12)4-8(6)10/h2-4,10H,1H3. The molecule has 0 saturated heterocycles. The van der Waals surface area contributed by atoms with Crippen LogP contribution in [0.3, 0.4) is 0 Å². The first kappa shape index (κ1) is 8.25. The van der Waals surface area contributed by atoms with Crippen molar-refractivity contribution in [2.75, 3.05) is 7.05 Å². The normalized spacial score (nSPS) is 11.6. The minimum absolute atomic E-state index is 0.176. The van der Waals surface area contributed by atoms with Gasteiger partial charge in [-0.1, -0.05) is 0 Å². The largest absolute Gasteiger partial charge is 0.427 e. The fourth-order valence-electron chi connectivity index (χ4n) is 0.756. The first-order valence-electron chi connectivity index (χ1n) is 3.14. The third-order valence-corrected chi connectivity index (χ3v) is 1.33. The molecule has 0 amide bonds. The molecule has 1 N–H and O–H groups in total. The molecule has 1 aromatic rings. The van der Waals surface area contributed by atoms with E-state index in [4.69, 9.17) is 5.21 Å². The Morgan fingerprint density at radius 2 is 2.33 bits per heavy atom. The quantitative estimate of drug-likeness (QED) is 0.369. The predicted octanol–water partition coefficient (Wildman–Crippen LogP) is 0.164. The van der Waals surface area contributed by atoms with E-state index in [-0.39, 0.29) is 11.2 Å². The Kier molecular flexibility index (Phi) is 2.09. The summed E-state index contributed by atoms with van der Waals surface area (Å²) in [5.74, 6) is 0. The van der Waals surface area contributed by atoms with E-state index in [2.05, 4.69) is 4.99 Å². The number of nitrogens with zero attached hydrogens (tertiary/aromatic N) is 3. The summed E-state index contributed by atoms with van der Waals surface area (Å²) in [5, 5.41) is 19.3. The molecule has 0 aliphatic rings. The van der Waals surface area contributed by atoms with Crippen LogP contribution in [0.2, 0.25) is 0 Å². The van der Waals surface area contributed by atoms with Gasteiger partial charge in [0.25, 0.3) is 5.69 Å². The van der Waals surface area contributed by atoms with Gasteiger partial charge in [-0.2, -0.15) is 4.73 Å². The zero-order valence-corrected chi connectivity index (χ0v) is 6.34. The van der Waals surface area contributed by atoms with Crippen molar-refractivity contribution in [1.82, 2.24) is 4.73 Å². The Morgan fingerprint density at radius 1 is 1.67 bits per heavy atom. The van der Waals surface area contributed by atoms with Crippen molar-refractivity contribution in [1.29, 1.82) is 0 Å². The molecule has 0 spiro atoms. The molecule has 0 unspecified atom stereocenters. The molecule has 12 heavy (non-hydrogen) atoms. The smallest absolute Gasteiger partial charge is 0.289 e. The van der Waals surface area contributed by atoms with Crippen molar-refractivity contribution in [3.63, 3.8) is 0 Å².